The van der Waals surface area contributed by atoms with Crippen molar-refractivity contribution in [3.63, 3.8) is 0 Å². The Hall–Kier alpha value is -2.22. The number of amides is 1. The lowest BCUT2D eigenvalue weighted by Gasteiger charge is -2.37. The van der Waals surface area contributed by atoms with Gasteiger partial charge in [0.25, 0.3) is 5.91 Å². The molecule has 2 aromatic heterocycles. The fourth-order valence-electron chi connectivity index (χ4n) is 3.32. The van der Waals surface area contributed by atoms with Crippen LogP contribution in [0.1, 0.15) is 47.0 Å². The smallest absolute Gasteiger partial charge is 0.272 e. The summed E-state index contributed by atoms with van der Waals surface area (Å²) in [4.78, 5) is 20.9. The number of aromatic nitrogens is 4. The van der Waals surface area contributed by atoms with Crippen LogP contribution in [0, 0.1) is 0 Å². The Bertz CT molecular complexity index is 717. The van der Waals surface area contributed by atoms with Crippen LogP contribution < -0.4 is 0 Å². The first-order chi connectivity index (χ1) is 11.1. The molecule has 2 aromatic rings. The molecule has 0 radical (unpaired) electrons. The molecule has 0 spiro atoms. The fraction of sp³-hybridized carbons (Fsp3) is 0.600. The van der Waals surface area contributed by atoms with Crippen molar-refractivity contribution in [3.8, 4) is 0 Å². The highest BCUT2D eigenvalue weighted by Gasteiger charge is 2.37. The van der Waals surface area contributed by atoms with Gasteiger partial charge < -0.3 is 9.42 Å². The fourth-order valence-corrected chi connectivity index (χ4v) is 3.32. The minimum Gasteiger partial charge on any atom is -0.338 e. The van der Waals surface area contributed by atoms with Crippen molar-refractivity contribution in [2.75, 3.05) is 26.7 Å². The van der Waals surface area contributed by atoms with Gasteiger partial charge in [0.15, 0.2) is 5.82 Å². The Morgan fingerprint density at radius 2 is 2.17 bits per heavy atom. The molecule has 1 atom stereocenters. The molecule has 2 saturated heterocycles. The van der Waals surface area contributed by atoms with Gasteiger partial charge in [-0.15, -0.1) is 0 Å². The maximum Gasteiger partial charge on any atom is 0.272 e. The zero-order valence-electron chi connectivity index (χ0n) is 13.3. The van der Waals surface area contributed by atoms with E-state index >= 15 is 0 Å². The Kier molecular flexibility index (Phi) is 3.41. The van der Waals surface area contributed by atoms with Crippen molar-refractivity contribution in [2.45, 2.75) is 24.8 Å². The molecular formula is C15H20N6O2. The molecule has 2 aliphatic rings. The summed E-state index contributed by atoms with van der Waals surface area (Å²) in [6, 6.07) is 1.97. The zero-order valence-corrected chi connectivity index (χ0v) is 13.3. The third-order valence-corrected chi connectivity index (χ3v) is 4.84. The molecule has 1 amide bonds. The molecule has 2 fully saturated rings. The highest BCUT2D eigenvalue weighted by atomic mass is 16.5. The summed E-state index contributed by atoms with van der Waals surface area (Å²) in [5, 5.41) is 8.16. The average molecular weight is 316 g/mol. The van der Waals surface area contributed by atoms with Gasteiger partial charge in [-0.25, -0.2) is 0 Å². The molecule has 0 bridgehead atoms. The number of likely N-dealkylation sites (tertiary alicyclic amines) is 2. The molecule has 8 heteroatoms. The van der Waals surface area contributed by atoms with E-state index in [2.05, 4.69) is 27.2 Å². The SMILES string of the molecule is CN1CCCC1c1nc(C2CN(C(=O)c3ccnn3C)C2)no1. The van der Waals surface area contributed by atoms with Gasteiger partial charge >= 0.3 is 0 Å². The molecule has 0 saturated carbocycles. The van der Waals surface area contributed by atoms with Crippen molar-refractivity contribution in [2.24, 2.45) is 7.05 Å². The van der Waals surface area contributed by atoms with Crippen LogP contribution >= 0.6 is 0 Å². The first-order valence-electron chi connectivity index (χ1n) is 7.94. The molecule has 0 N–H and O–H groups in total. The predicted octanol–water partition coefficient (Wildman–Crippen LogP) is 0.809. The second kappa shape index (κ2) is 5.45. The summed E-state index contributed by atoms with van der Waals surface area (Å²) >= 11 is 0. The summed E-state index contributed by atoms with van der Waals surface area (Å²) in [5.41, 5.74) is 0.602. The van der Waals surface area contributed by atoms with Crippen LogP contribution in [0.4, 0.5) is 0 Å². The minimum absolute atomic E-state index is 0.000458. The van der Waals surface area contributed by atoms with Crippen molar-refractivity contribution < 1.29 is 9.32 Å². The van der Waals surface area contributed by atoms with E-state index in [-0.39, 0.29) is 17.9 Å². The van der Waals surface area contributed by atoms with Crippen LogP contribution in [0.15, 0.2) is 16.8 Å². The van der Waals surface area contributed by atoms with Gasteiger partial charge in [-0.3, -0.25) is 14.4 Å². The summed E-state index contributed by atoms with van der Waals surface area (Å²) in [7, 11) is 3.85. The Balaban J connectivity index is 1.40. The van der Waals surface area contributed by atoms with Crippen LogP contribution in [0.5, 0.6) is 0 Å². The van der Waals surface area contributed by atoms with Crippen LogP contribution in [0.2, 0.25) is 0 Å². The summed E-state index contributed by atoms with van der Waals surface area (Å²) in [5.74, 6) is 1.59. The maximum absolute atomic E-state index is 12.3. The Labute approximate surface area is 134 Å². The third kappa shape index (κ3) is 2.42. The Morgan fingerprint density at radius 1 is 1.35 bits per heavy atom. The number of hydrogen-bond acceptors (Lipinski definition) is 6. The van der Waals surface area contributed by atoms with Crippen LogP contribution in [-0.4, -0.2) is 62.3 Å². The zero-order chi connectivity index (χ0) is 16.0. The van der Waals surface area contributed by atoms with Crippen LogP contribution in [-0.2, 0) is 7.05 Å². The number of rotatable bonds is 3. The number of nitrogens with zero attached hydrogens (tertiary/aromatic N) is 6. The van der Waals surface area contributed by atoms with Gasteiger partial charge in [-0.05, 0) is 32.5 Å². The normalized spacial score (nSPS) is 22.5. The number of carbonyl (C=O) groups is 1. The van der Waals surface area contributed by atoms with Gasteiger partial charge in [0, 0.05) is 26.3 Å². The van der Waals surface area contributed by atoms with Crippen molar-refractivity contribution in [1.29, 1.82) is 0 Å². The first kappa shape index (κ1) is 14.4. The van der Waals surface area contributed by atoms with Crippen molar-refractivity contribution >= 4 is 5.91 Å². The summed E-state index contributed by atoms with van der Waals surface area (Å²) < 4.78 is 7.04. The van der Waals surface area contributed by atoms with Gasteiger partial charge in [0.1, 0.15) is 5.69 Å². The first-order valence-corrected chi connectivity index (χ1v) is 7.94. The molecule has 4 rings (SSSR count). The van der Waals surface area contributed by atoms with E-state index in [1.165, 1.54) is 0 Å². The van der Waals surface area contributed by atoms with Crippen molar-refractivity contribution in [3.05, 3.63) is 29.7 Å². The van der Waals surface area contributed by atoms with Gasteiger partial charge in [0.2, 0.25) is 5.89 Å². The largest absolute Gasteiger partial charge is 0.338 e. The van der Waals surface area contributed by atoms with Gasteiger partial charge in [-0.1, -0.05) is 5.16 Å². The van der Waals surface area contributed by atoms with Crippen LogP contribution in [0.25, 0.3) is 0 Å². The molecular weight excluding hydrogens is 296 g/mol. The standard InChI is InChI=1S/C15H20N6O2/c1-19-7-3-4-11(19)14-17-13(18-23-14)10-8-21(9-10)15(22)12-5-6-16-20(12)2/h5-6,10-11H,3-4,7-9H2,1-2H3. The molecule has 0 aromatic carbocycles. The van der Waals surface area contributed by atoms with E-state index in [0.717, 1.165) is 19.4 Å². The lowest BCUT2D eigenvalue weighted by Crippen LogP contribution is -2.49. The van der Waals surface area contributed by atoms with E-state index in [1.54, 1.807) is 28.9 Å². The lowest BCUT2D eigenvalue weighted by molar-refractivity contribution is 0.0580. The minimum atomic E-state index is 0.000458. The lowest BCUT2D eigenvalue weighted by atomic mass is 9.99. The van der Waals surface area contributed by atoms with E-state index in [0.29, 0.717) is 30.5 Å². The second-order valence-electron chi connectivity index (χ2n) is 6.38. The summed E-state index contributed by atoms with van der Waals surface area (Å²) in [6.07, 6.45) is 3.86. The molecule has 1 unspecified atom stereocenters. The third-order valence-electron chi connectivity index (χ3n) is 4.84. The van der Waals surface area contributed by atoms with Gasteiger partial charge in [-0.2, -0.15) is 10.1 Å². The average Bonchev–Trinajstić information content (AvgIpc) is 3.18. The second-order valence-corrected chi connectivity index (χ2v) is 6.38. The summed E-state index contributed by atoms with van der Waals surface area (Å²) in [6.45, 7) is 2.33. The number of hydrogen-bond donors (Lipinski definition) is 0. The predicted molar refractivity (Wildman–Crippen MR) is 80.8 cm³/mol. The number of aryl methyl sites for hydroxylation is 1. The van der Waals surface area contributed by atoms with E-state index in [4.69, 9.17) is 4.52 Å². The molecule has 0 aliphatic carbocycles. The van der Waals surface area contributed by atoms with E-state index in [1.807, 2.05) is 0 Å². The molecule has 4 heterocycles. The molecule has 23 heavy (non-hydrogen) atoms. The van der Waals surface area contributed by atoms with E-state index in [9.17, 15) is 4.79 Å². The maximum atomic E-state index is 12.3. The molecule has 2 aliphatic heterocycles. The quantitative estimate of drug-likeness (QED) is 0.833. The number of carbonyl (C=O) groups excluding carboxylic acids is 1. The van der Waals surface area contributed by atoms with Gasteiger partial charge in [0.05, 0.1) is 12.0 Å². The highest BCUT2D eigenvalue weighted by molar-refractivity contribution is 5.93. The Morgan fingerprint density at radius 3 is 2.83 bits per heavy atom. The van der Waals surface area contributed by atoms with Crippen molar-refractivity contribution in [1.82, 2.24) is 29.7 Å². The van der Waals surface area contributed by atoms with Crippen LogP contribution in [0.3, 0.4) is 0 Å². The highest BCUT2D eigenvalue weighted by Crippen LogP contribution is 2.32. The molecule has 122 valence electrons. The van der Waals surface area contributed by atoms with E-state index < -0.39 is 0 Å². The molecule has 8 nitrogen and oxygen atoms in total. The topological polar surface area (TPSA) is 80.3 Å². The monoisotopic (exact) mass is 316 g/mol.